The van der Waals surface area contributed by atoms with Crippen molar-refractivity contribution < 1.29 is 19.1 Å². The second-order valence-electron chi connectivity index (χ2n) is 5.80. The molecule has 0 bridgehead atoms. The van der Waals surface area contributed by atoms with Crippen LogP contribution in [-0.4, -0.2) is 68.2 Å². The number of morpholine rings is 1. The Kier molecular flexibility index (Phi) is 4.93. The van der Waals surface area contributed by atoms with Gasteiger partial charge in [-0.1, -0.05) is 24.3 Å². The monoisotopic (exact) mass is 318 g/mol. The molecule has 3 rings (SSSR count). The van der Waals surface area contributed by atoms with Crippen LogP contribution in [0.4, 0.5) is 0 Å². The summed E-state index contributed by atoms with van der Waals surface area (Å²) >= 11 is 0. The summed E-state index contributed by atoms with van der Waals surface area (Å²) in [5.74, 6) is -0.0442. The second-order valence-corrected chi connectivity index (χ2v) is 5.80. The van der Waals surface area contributed by atoms with Crippen LogP contribution in [0, 0.1) is 0 Å². The Morgan fingerprint density at radius 3 is 2.78 bits per heavy atom. The first-order valence-corrected chi connectivity index (χ1v) is 7.95. The molecule has 0 radical (unpaired) electrons. The molecule has 6 nitrogen and oxygen atoms in total. The maximum absolute atomic E-state index is 13.1. The predicted octanol–water partition coefficient (Wildman–Crippen LogP) is 0.618. The third-order valence-electron chi connectivity index (χ3n) is 4.42. The summed E-state index contributed by atoms with van der Waals surface area (Å²) in [5.41, 5.74) is 1.87. The van der Waals surface area contributed by atoms with Crippen LogP contribution < -0.4 is 0 Å². The molecule has 0 spiro atoms. The molecule has 0 aromatic heterocycles. The van der Waals surface area contributed by atoms with Crippen LogP contribution in [-0.2, 0) is 25.5 Å². The number of carbonyl (C=O) groups is 2. The molecule has 1 aromatic carbocycles. The lowest BCUT2D eigenvalue weighted by Crippen LogP contribution is -2.51. The molecular formula is C17H22N2O4. The summed E-state index contributed by atoms with van der Waals surface area (Å²) in [6.45, 7) is 3.08. The van der Waals surface area contributed by atoms with Crippen molar-refractivity contribution in [1.82, 2.24) is 9.80 Å². The maximum atomic E-state index is 13.1. The first-order chi connectivity index (χ1) is 11.2. The van der Waals surface area contributed by atoms with Crippen molar-refractivity contribution in [1.29, 1.82) is 0 Å². The summed E-state index contributed by atoms with van der Waals surface area (Å²) in [4.78, 5) is 29.1. The van der Waals surface area contributed by atoms with Gasteiger partial charge in [0.1, 0.15) is 6.04 Å². The van der Waals surface area contributed by atoms with Crippen molar-refractivity contribution in [3.8, 4) is 0 Å². The van der Waals surface area contributed by atoms with E-state index < -0.39 is 6.04 Å². The van der Waals surface area contributed by atoms with Gasteiger partial charge in [0.15, 0.2) is 0 Å². The van der Waals surface area contributed by atoms with Gasteiger partial charge in [-0.25, -0.2) is 0 Å². The highest BCUT2D eigenvalue weighted by molar-refractivity contribution is 5.92. The molecule has 0 aliphatic carbocycles. The molecule has 2 amide bonds. The van der Waals surface area contributed by atoms with Gasteiger partial charge in [-0.2, -0.15) is 0 Å². The van der Waals surface area contributed by atoms with Crippen LogP contribution >= 0.6 is 0 Å². The van der Waals surface area contributed by atoms with Crippen molar-refractivity contribution in [2.75, 3.05) is 46.6 Å². The maximum Gasteiger partial charge on any atom is 0.250 e. The zero-order chi connectivity index (χ0) is 16.2. The topological polar surface area (TPSA) is 59.1 Å². The molecule has 124 valence electrons. The van der Waals surface area contributed by atoms with E-state index in [9.17, 15) is 9.59 Å². The number of hydrogen-bond donors (Lipinski definition) is 0. The van der Waals surface area contributed by atoms with E-state index in [1.165, 1.54) is 0 Å². The molecule has 2 aliphatic heterocycles. The summed E-state index contributed by atoms with van der Waals surface area (Å²) in [6.07, 6.45) is 0.340. The third kappa shape index (κ3) is 3.23. The van der Waals surface area contributed by atoms with Gasteiger partial charge in [0.25, 0.3) is 0 Å². The van der Waals surface area contributed by atoms with E-state index in [-0.39, 0.29) is 11.8 Å². The van der Waals surface area contributed by atoms with Crippen molar-refractivity contribution >= 4 is 11.8 Å². The summed E-state index contributed by atoms with van der Waals surface area (Å²) in [5, 5.41) is 0. The molecular weight excluding hydrogens is 296 g/mol. The van der Waals surface area contributed by atoms with Crippen molar-refractivity contribution in [2.24, 2.45) is 0 Å². The fraction of sp³-hybridized carbons (Fsp3) is 0.529. The minimum atomic E-state index is -0.555. The summed E-state index contributed by atoms with van der Waals surface area (Å²) in [6, 6.07) is 7.15. The largest absolute Gasteiger partial charge is 0.383 e. The predicted molar refractivity (Wildman–Crippen MR) is 83.9 cm³/mol. The number of methoxy groups -OCH3 is 1. The molecule has 1 saturated heterocycles. The average Bonchev–Trinajstić information content (AvgIpc) is 2.59. The Labute approximate surface area is 136 Å². The van der Waals surface area contributed by atoms with E-state index in [1.54, 1.807) is 16.9 Å². The molecule has 1 fully saturated rings. The van der Waals surface area contributed by atoms with Crippen LogP contribution in [0.15, 0.2) is 24.3 Å². The molecule has 0 saturated carbocycles. The highest BCUT2D eigenvalue weighted by atomic mass is 16.5. The minimum absolute atomic E-state index is 0.0210. The first-order valence-electron chi connectivity index (χ1n) is 7.95. The third-order valence-corrected chi connectivity index (χ3v) is 4.42. The van der Waals surface area contributed by atoms with Gasteiger partial charge in [0.2, 0.25) is 11.8 Å². The fourth-order valence-corrected chi connectivity index (χ4v) is 3.20. The molecule has 6 heteroatoms. The second kappa shape index (κ2) is 7.10. The van der Waals surface area contributed by atoms with Crippen molar-refractivity contribution in [3.05, 3.63) is 35.4 Å². The van der Waals surface area contributed by atoms with E-state index in [1.807, 2.05) is 24.3 Å². The van der Waals surface area contributed by atoms with E-state index in [2.05, 4.69) is 0 Å². The highest BCUT2D eigenvalue weighted by Gasteiger charge is 2.39. The van der Waals surface area contributed by atoms with Gasteiger partial charge in [-0.05, 0) is 11.1 Å². The van der Waals surface area contributed by atoms with E-state index >= 15 is 0 Å². The molecule has 1 atom stereocenters. The lowest BCUT2D eigenvalue weighted by Gasteiger charge is -2.39. The van der Waals surface area contributed by atoms with E-state index in [4.69, 9.17) is 9.47 Å². The smallest absolute Gasteiger partial charge is 0.250 e. The number of benzene rings is 1. The van der Waals surface area contributed by atoms with Gasteiger partial charge in [-0.3, -0.25) is 9.59 Å². The number of rotatable bonds is 4. The average molecular weight is 318 g/mol. The number of fused-ring (bicyclic) bond motifs is 1. The molecule has 0 unspecified atom stereocenters. The summed E-state index contributed by atoms with van der Waals surface area (Å²) < 4.78 is 10.4. The molecule has 1 aromatic rings. The van der Waals surface area contributed by atoms with Crippen LogP contribution in [0.5, 0.6) is 0 Å². The van der Waals surface area contributed by atoms with Crippen LogP contribution in [0.2, 0.25) is 0 Å². The van der Waals surface area contributed by atoms with Crippen LogP contribution in [0.1, 0.15) is 17.2 Å². The highest BCUT2D eigenvalue weighted by Crippen LogP contribution is 2.32. The van der Waals surface area contributed by atoms with Crippen molar-refractivity contribution in [3.63, 3.8) is 0 Å². The molecule has 23 heavy (non-hydrogen) atoms. The molecule has 2 aliphatic rings. The fourth-order valence-electron chi connectivity index (χ4n) is 3.20. The Morgan fingerprint density at radius 2 is 2.04 bits per heavy atom. The number of carbonyl (C=O) groups excluding carboxylic acids is 2. The number of amides is 2. The molecule has 0 N–H and O–H groups in total. The van der Waals surface area contributed by atoms with Gasteiger partial charge < -0.3 is 19.3 Å². The number of nitrogens with zero attached hydrogens (tertiary/aromatic N) is 2. The standard InChI is InChI=1S/C17H22N2O4/c1-22-9-8-19-15(20)12-13-4-2-3-5-14(13)16(19)17(21)18-6-10-23-11-7-18/h2-5,16H,6-12H2,1H3/t16-/m0/s1. The lowest BCUT2D eigenvalue weighted by molar-refractivity contribution is -0.150. The Morgan fingerprint density at radius 1 is 1.30 bits per heavy atom. The van der Waals surface area contributed by atoms with Crippen LogP contribution in [0.3, 0.4) is 0 Å². The minimum Gasteiger partial charge on any atom is -0.383 e. The molecule has 2 heterocycles. The van der Waals surface area contributed by atoms with E-state index in [0.717, 1.165) is 11.1 Å². The zero-order valence-corrected chi connectivity index (χ0v) is 13.4. The van der Waals surface area contributed by atoms with Gasteiger partial charge in [0, 0.05) is 26.7 Å². The quantitative estimate of drug-likeness (QED) is 0.816. The Balaban J connectivity index is 1.93. The number of ether oxygens (including phenoxy) is 2. The van der Waals surface area contributed by atoms with Crippen LogP contribution in [0.25, 0.3) is 0 Å². The zero-order valence-electron chi connectivity index (χ0n) is 13.4. The SMILES string of the molecule is COCCN1C(=O)Cc2ccccc2[C@H]1C(=O)N1CCOCC1. The van der Waals surface area contributed by atoms with Gasteiger partial charge >= 0.3 is 0 Å². The van der Waals surface area contributed by atoms with Gasteiger partial charge in [0.05, 0.1) is 26.2 Å². The Hall–Kier alpha value is -1.92. The Bertz CT molecular complexity index is 584. The van der Waals surface area contributed by atoms with E-state index in [0.29, 0.717) is 45.9 Å². The van der Waals surface area contributed by atoms with Gasteiger partial charge in [-0.15, -0.1) is 0 Å². The number of hydrogen-bond acceptors (Lipinski definition) is 4. The summed E-state index contributed by atoms with van der Waals surface area (Å²) in [7, 11) is 1.60. The normalized spacial score (nSPS) is 21.3. The van der Waals surface area contributed by atoms with Crippen molar-refractivity contribution in [2.45, 2.75) is 12.5 Å². The first kappa shape index (κ1) is 16.0. The lowest BCUT2D eigenvalue weighted by atomic mass is 9.91.